The number of benzene rings is 1. The maximum absolute atomic E-state index is 14.0. The molecule has 108 valence electrons. The van der Waals surface area contributed by atoms with Gasteiger partial charge in [0.1, 0.15) is 5.82 Å². The second-order valence-corrected chi connectivity index (χ2v) is 6.24. The Hall–Kier alpha value is -1.39. The molecular formula is C16H21FN2S. The van der Waals surface area contributed by atoms with Gasteiger partial charge >= 0.3 is 0 Å². The van der Waals surface area contributed by atoms with Crippen LogP contribution in [-0.4, -0.2) is 13.1 Å². The van der Waals surface area contributed by atoms with E-state index >= 15 is 0 Å². The molecule has 1 aromatic heterocycles. The van der Waals surface area contributed by atoms with Gasteiger partial charge in [-0.25, -0.2) is 4.39 Å². The number of thiophene rings is 1. The number of rotatable bonds is 5. The zero-order chi connectivity index (χ0) is 14.7. The average molecular weight is 292 g/mol. The van der Waals surface area contributed by atoms with Crippen LogP contribution in [0.5, 0.6) is 0 Å². The van der Waals surface area contributed by atoms with Crippen molar-refractivity contribution in [2.24, 2.45) is 5.73 Å². The molecule has 0 aliphatic carbocycles. The predicted octanol–water partition coefficient (Wildman–Crippen LogP) is 3.97. The van der Waals surface area contributed by atoms with E-state index < -0.39 is 0 Å². The van der Waals surface area contributed by atoms with E-state index in [1.807, 2.05) is 20.0 Å². The molecule has 1 heterocycles. The highest BCUT2D eigenvalue weighted by Gasteiger charge is 2.19. The van der Waals surface area contributed by atoms with E-state index in [2.05, 4.69) is 29.3 Å². The third kappa shape index (κ3) is 3.19. The highest BCUT2D eigenvalue weighted by Crippen LogP contribution is 2.29. The largest absolute Gasteiger partial charge is 0.371 e. The van der Waals surface area contributed by atoms with Crippen molar-refractivity contribution in [3.8, 4) is 0 Å². The number of halogens is 1. The molecule has 0 fully saturated rings. The summed E-state index contributed by atoms with van der Waals surface area (Å²) in [4.78, 5) is 3.45. The SMILES string of the molecule is CC(Cc1cccs1)N(C)c1cccc(F)c1[C@@H](C)N. The number of anilines is 1. The molecular weight excluding hydrogens is 271 g/mol. The zero-order valence-corrected chi connectivity index (χ0v) is 13.0. The van der Waals surface area contributed by atoms with Crippen LogP contribution in [0.3, 0.4) is 0 Å². The molecule has 1 aromatic carbocycles. The summed E-state index contributed by atoms with van der Waals surface area (Å²) < 4.78 is 14.0. The van der Waals surface area contributed by atoms with E-state index in [-0.39, 0.29) is 17.9 Å². The fourth-order valence-corrected chi connectivity index (χ4v) is 3.20. The Morgan fingerprint density at radius 1 is 1.25 bits per heavy atom. The molecule has 2 nitrogen and oxygen atoms in total. The first kappa shape index (κ1) is 15.0. The van der Waals surface area contributed by atoms with Crippen LogP contribution in [0.4, 0.5) is 10.1 Å². The van der Waals surface area contributed by atoms with E-state index in [9.17, 15) is 4.39 Å². The van der Waals surface area contributed by atoms with Crippen LogP contribution in [-0.2, 0) is 6.42 Å². The van der Waals surface area contributed by atoms with Crippen LogP contribution in [0.1, 0.15) is 30.3 Å². The molecule has 1 unspecified atom stereocenters. The van der Waals surface area contributed by atoms with Gasteiger partial charge in [0.25, 0.3) is 0 Å². The van der Waals surface area contributed by atoms with Gasteiger partial charge in [-0.2, -0.15) is 0 Å². The smallest absolute Gasteiger partial charge is 0.130 e. The first-order valence-electron chi connectivity index (χ1n) is 6.80. The number of nitrogens with zero attached hydrogens (tertiary/aromatic N) is 1. The second kappa shape index (κ2) is 6.37. The Labute approximate surface area is 124 Å². The van der Waals surface area contributed by atoms with Crippen molar-refractivity contribution < 1.29 is 4.39 Å². The van der Waals surface area contributed by atoms with Gasteiger partial charge in [-0.15, -0.1) is 11.3 Å². The van der Waals surface area contributed by atoms with Crippen molar-refractivity contribution in [1.82, 2.24) is 0 Å². The van der Waals surface area contributed by atoms with E-state index in [1.165, 1.54) is 10.9 Å². The van der Waals surface area contributed by atoms with Gasteiger partial charge in [-0.05, 0) is 37.4 Å². The monoisotopic (exact) mass is 292 g/mol. The molecule has 2 N–H and O–H groups in total. The molecule has 0 bridgehead atoms. The Morgan fingerprint density at radius 3 is 2.60 bits per heavy atom. The summed E-state index contributed by atoms with van der Waals surface area (Å²) in [6.45, 7) is 3.97. The van der Waals surface area contributed by atoms with Crippen LogP contribution in [0.15, 0.2) is 35.7 Å². The standard InChI is InChI=1S/C16H21FN2S/c1-11(10-13-6-5-9-20-13)19(3)15-8-4-7-14(17)16(15)12(2)18/h4-9,11-12H,10,18H2,1-3H3/t11?,12-/m1/s1. The van der Waals surface area contributed by atoms with Gasteiger partial charge in [0.2, 0.25) is 0 Å². The molecule has 0 saturated carbocycles. The summed E-state index contributed by atoms with van der Waals surface area (Å²) in [6.07, 6.45) is 0.947. The van der Waals surface area contributed by atoms with Crippen molar-refractivity contribution in [1.29, 1.82) is 0 Å². The van der Waals surface area contributed by atoms with E-state index in [4.69, 9.17) is 5.73 Å². The molecule has 0 saturated heterocycles. The summed E-state index contributed by atoms with van der Waals surface area (Å²) in [6, 6.07) is 9.31. The first-order valence-corrected chi connectivity index (χ1v) is 7.68. The number of nitrogens with two attached hydrogens (primary N) is 1. The minimum Gasteiger partial charge on any atom is -0.371 e. The van der Waals surface area contributed by atoms with Crippen LogP contribution in [0.2, 0.25) is 0 Å². The van der Waals surface area contributed by atoms with Crippen molar-refractivity contribution in [3.05, 3.63) is 52.0 Å². The molecule has 0 spiro atoms. The van der Waals surface area contributed by atoms with Gasteiger partial charge in [-0.1, -0.05) is 12.1 Å². The lowest BCUT2D eigenvalue weighted by molar-refractivity contribution is 0.588. The van der Waals surface area contributed by atoms with Crippen molar-refractivity contribution in [2.45, 2.75) is 32.4 Å². The quantitative estimate of drug-likeness (QED) is 0.903. The minimum absolute atomic E-state index is 0.229. The third-order valence-corrected chi connectivity index (χ3v) is 4.50. The molecule has 4 heteroatoms. The van der Waals surface area contributed by atoms with Gasteiger partial charge in [0.05, 0.1) is 0 Å². The van der Waals surface area contributed by atoms with Gasteiger partial charge < -0.3 is 10.6 Å². The van der Waals surface area contributed by atoms with Crippen LogP contribution in [0, 0.1) is 5.82 Å². The Balaban J connectivity index is 2.24. The van der Waals surface area contributed by atoms with Crippen molar-refractivity contribution in [3.63, 3.8) is 0 Å². The topological polar surface area (TPSA) is 29.3 Å². The second-order valence-electron chi connectivity index (χ2n) is 5.20. The summed E-state index contributed by atoms with van der Waals surface area (Å²) in [5, 5.41) is 2.08. The minimum atomic E-state index is -0.317. The van der Waals surface area contributed by atoms with Crippen LogP contribution in [0.25, 0.3) is 0 Å². The number of hydrogen-bond donors (Lipinski definition) is 1. The van der Waals surface area contributed by atoms with E-state index in [0.717, 1.165) is 12.1 Å². The molecule has 2 atom stereocenters. The summed E-state index contributed by atoms with van der Waals surface area (Å²) >= 11 is 1.75. The maximum Gasteiger partial charge on any atom is 0.130 e. The average Bonchev–Trinajstić information content (AvgIpc) is 2.89. The lowest BCUT2D eigenvalue weighted by Gasteiger charge is -2.30. The fraction of sp³-hybridized carbons (Fsp3) is 0.375. The highest BCUT2D eigenvalue weighted by molar-refractivity contribution is 7.09. The Bertz CT molecular complexity index is 552. The molecule has 0 amide bonds. The lowest BCUT2D eigenvalue weighted by atomic mass is 10.0. The Kier molecular flexibility index (Phi) is 4.78. The molecule has 2 rings (SSSR count). The number of likely N-dealkylation sites (N-methyl/N-ethyl adjacent to an activating group) is 1. The summed E-state index contributed by atoms with van der Waals surface area (Å²) in [7, 11) is 2.00. The van der Waals surface area contributed by atoms with Gasteiger partial charge in [-0.3, -0.25) is 0 Å². The zero-order valence-electron chi connectivity index (χ0n) is 12.1. The van der Waals surface area contributed by atoms with Crippen molar-refractivity contribution >= 4 is 17.0 Å². The van der Waals surface area contributed by atoms with E-state index in [0.29, 0.717) is 5.56 Å². The molecule has 2 aromatic rings. The van der Waals surface area contributed by atoms with Crippen LogP contribution >= 0.6 is 11.3 Å². The third-order valence-electron chi connectivity index (χ3n) is 3.60. The van der Waals surface area contributed by atoms with Gasteiger partial charge in [0, 0.05) is 41.7 Å². The molecule has 20 heavy (non-hydrogen) atoms. The van der Waals surface area contributed by atoms with Gasteiger partial charge in [0.15, 0.2) is 0 Å². The normalized spacial score (nSPS) is 14.1. The number of hydrogen-bond acceptors (Lipinski definition) is 3. The van der Waals surface area contributed by atoms with E-state index in [1.54, 1.807) is 17.4 Å². The fourth-order valence-electron chi connectivity index (χ4n) is 2.38. The molecule has 0 aliphatic rings. The van der Waals surface area contributed by atoms with Crippen molar-refractivity contribution in [2.75, 3.05) is 11.9 Å². The highest BCUT2D eigenvalue weighted by atomic mass is 32.1. The maximum atomic E-state index is 14.0. The first-order chi connectivity index (χ1) is 9.50. The predicted molar refractivity (Wildman–Crippen MR) is 84.9 cm³/mol. The van der Waals surface area contributed by atoms with Crippen LogP contribution < -0.4 is 10.6 Å². The lowest BCUT2D eigenvalue weighted by Crippen LogP contribution is -2.32. The molecule has 0 radical (unpaired) electrons. The molecule has 0 aliphatic heterocycles. The summed E-state index contributed by atoms with van der Waals surface area (Å²) in [5.41, 5.74) is 7.39. The Morgan fingerprint density at radius 2 is 2.00 bits per heavy atom. The summed E-state index contributed by atoms with van der Waals surface area (Å²) in [5.74, 6) is -0.229.